The summed E-state index contributed by atoms with van der Waals surface area (Å²) in [5.74, 6) is 0.294. The van der Waals surface area contributed by atoms with Gasteiger partial charge in [0.05, 0.1) is 22.8 Å². The summed E-state index contributed by atoms with van der Waals surface area (Å²) in [6.45, 7) is 0. The average molecular weight is 329 g/mol. The van der Waals surface area contributed by atoms with Crippen molar-refractivity contribution < 1.29 is 4.79 Å². The fourth-order valence-corrected chi connectivity index (χ4v) is 2.27. The van der Waals surface area contributed by atoms with Crippen molar-refractivity contribution in [3.63, 3.8) is 0 Å². The molecule has 0 spiro atoms. The van der Waals surface area contributed by atoms with Crippen LogP contribution < -0.4 is 10.9 Å². The molecule has 0 radical (unpaired) electrons. The first-order valence-electron chi connectivity index (χ1n) is 7.01. The fourth-order valence-electron chi connectivity index (χ4n) is 2.16. The molecule has 0 unspecified atom stereocenters. The number of aryl methyl sites for hydroxylation is 1. The van der Waals surface area contributed by atoms with Crippen LogP contribution in [-0.2, 0) is 11.2 Å². The maximum atomic E-state index is 12.0. The minimum absolute atomic E-state index is 0.190. The van der Waals surface area contributed by atoms with Crippen molar-refractivity contribution in [2.24, 2.45) is 0 Å². The topological polar surface area (TPSA) is 87.7 Å². The molecule has 2 N–H and O–H groups in total. The SMILES string of the molecule is O=C(CCc1nc2ccccc2c(=O)[nH]1)Nc1ccc(Cl)nc1. The number of benzene rings is 1. The number of nitrogens with one attached hydrogen (secondary N) is 2. The number of rotatable bonds is 4. The zero-order valence-corrected chi connectivity index (χ0v) is 12.8. The average Bonchev–Trinajstić information content (AvgIpc) is 2.55. The number of para-hydroxylation sites is 1. The van der Waals surface area contributed by atoms with Crippen LogP contribution in [0.3, 0.4) is 0 Å². The number of aromatic amines is 1. The zero-order chi connectivity index (χ0) is 16.2. The van der Waals surface area contributed by atoms with Crippen LogP contribution >= 0.6 is 11.6 Å². The smallest absolute Gasteiger partial charge is 0.258 e. The quantitative estimate of drug-likeness (QED) is 0.720. The molecule has 2 aromatic heterocycles. The molecule has 2 heterocycles. The highest BCUT2D eigenvalue weighted by molar-refractivity contribution is 6.29. The van der Waals surface area contributed by atoms with Crippen molar-refractivity contribution in [3.05, 3.63) is 63.9 Å². The molecular weight excluding hydrogens is 316 g/mol. The number of H-pyrrole nitrogens is 1. The highest BCUT2D eigenvalue weighted by Gasteiger charge is 2.07. The molecule has 0 aliphatic heterocycles. The molecule has 0 atom stereocenters. The Morgan fingerprint density at radius 3 is 2.83 bits per heavy atom. The van der Waals surface area contributed by atoms with Crippen molar-refractivity contribution in [2.75, 3.05) is 5.32 Å². The molecule has 3 aromatic rings. The lowest BCUT2D eigenvalue weighted by Gasteiger charge is -2.05. The van der Waals surface area contributed by atoms with Crippen LogP contribution in [0.1, 0.15) is 12.2 Å². The van der Waals surface area contributed by atoms with Crippen molar-refractivity contribution >= 4 is 34.1 Å². The zero-order valence-electron chi connectivity index (χ0n) is 12.0. The van der Waals surface area contributed by atoms with E-state index >= 15 is 0 Å². The molecule has 0 aliphatic rings. The predicted octanol–water partition coefficient (Wildman–Crippen LogP) is 2.54. The van der Waals surface area contributed by atoms with E-state index < -0.39 is 0 Å². The van der Waals surface area contributed by atoms with Gasteiger partial charge in [0, 0.05) is 12.8 Å². The van der Waals surface area contributed by atoms with E-state index in [1.807, 2.05) is 6.07 Å². The van der Waals surface area contributed by atoms with Gasteiger partial charge < -0.3 is 10.3 Å². The number of nitrogens with zero attached hydrogens (tertiary/aromatic N) is 2. The molecule has 0 bridgehead atoms. The first-order chi connectivity index (χ1) is 11.1. The van der Waals surface area contributed by atoms with Gasteiger partial charge in [-0.1, -0.05) is 23.7 Å². The van der Waals surface area contributed by atoms with Gasteiger partial charge in [-0.3, -0.25) is 9.59 Å². The predicted molar refractivity (Wildman–Crippen MR) is 88.6 cm³/mol. The number of fused-ring (bicyclic) bond motifs is 1. The van der Waals surface area contributed by atoms with Gasteiger partial charge in [0.2, 0.25) is 5.91 Å². The molecule has 3 rings (SSSR count). The van der Waals surface area contributed by atoms with E-state index in [2.05, 4.69) is 20.3 Å². The standard InChI is InChI=1S/C16H13ClN4O2/c17-13-6-5-10(9-18-13)19-15(22)8-7-14-20-12-4-2-1-3-11(12)16(23)21-14/h1-6,9H,7-8H2,(H,19,22)(H,20,21,23). The number of anilines is 1. The summed E-state index contributed by atoms with van der Waals surface area (Å²) >= 11 is 5.69. The Morgan fingerprint density at radius 2 is 2.04 bits per heavy atom. The van der Waals surface area contributed by atoms with E-state index in [0.29, 0.717) is 34.0 Å². The van der Waals surface area contributed by atoms with Gasteiger partial charge in [-0.05, 0) is 24.3 Å². The van der Waals surface area contributed by atoms with Crippen molar-refractivity contribution in [1.29, 1.82) is 0 Å². The van der Waals surface area contributed by atoms with Crippen molar-refractivity contribution in [2.45, 2.75) is 12.8 Å². The van der Waals surface area contributed by atoms with Crippen LogP contribution in [0.15, 0.2) is 47.4 Å². The molecule has 6 nitrogen and oxygen atoms in total. The number of aromatic nitrogens is 3. The van der Waals surface area contributed by atoms with Crippen LogP contribution in [0.25, 0.3) is 10.9 Å². The second kappa shape index (κ2) is 6.58. The lowest BCUT2D eigenvalue weighted by molar-refractivity contribution is -0.116. The van der Waals surface area contributed by atoms with Gasteiger partial charge in [0.15, 0.2) is 0 Å². The molecule has 1 amide bonds. The van der Waals surface area contributed by atoms with E-state index in [4.69, 9.17) is 11.6 Å². The van der Waals surface area contributed by atoms with E-state index in [1.165, 1.54) is 6.20 Å². The van der Waals surface area contributed by atoms with Gasteiger partial charge in [-0.2, -0.15) is 0 Å². The highest BCUT2D eigenvalue weighted by Crippen LogP contribution is 2.11. The number of halogens is 1. The molecule has 0 saturated carbocycles. The second-order valence-corrected chi connectivity index (χ2v) is 5.33. The number of pyridine rings is 1. The number of carbonyl (C=O) groups is 1. The van der Waals surface area contributed by atoms with Crippen LogP contribution in [-0.4, -0.2) is 20.9 Å². The van der Waals surface area contributed by atoms with E-state index in [-0.39, 0.29) is 17.9 Å². The number of hydrogen-bond donors (Lipinski definition) is 2. The monoisotopic (exact) mass is 328 g/mol. The number of hydrogen-bond acceptors (Lipinski definition) is 4. The molecule has 116 valence electrons. The third kappa shape index (κ3) is 3.73. The fraction of sp³-hybridized carbons (Fsp3) is 0.125. The Kier molecular flexibility index (Phi) is 4.34. The summed E-state index contributed by atoms with van der Waals surface area (Å²) < 4.78 is 0. The Bertz CT molecular complexity index is 906. The molecular formula is C16H13ClN4O2. The normalized spacial score (nSPS) is 10.7. The molecule has 23 heavy (non-hydrogen) atoms. The first kappa shape index (κ1) is 15.2. The van der Waals surface area contributed by atoms with Gasteiger partial charge in [-0.25, -0.2) is 9.97 Å². The van der Waals surface area contributed by atoms with E-state index in [0.717, 1.165) is 0 Å². The Labute approximate surface area is 136 Å². The maximum Gasteiger partial charge on any atom is 0.258 e. The third-order valence-electron chi connectivity index (χ3n) is 3.26. The van der Waals surface area contributed by atoms with Crippen LogP contribution in [0.5, 0.6) is 0 Å². The summed E-state index contributed by atoms with van der Waals surface area (Å²) in [6, 6.07) is 10.4. The largest absolute Gasteiger partial charge is 0.325 e. The third-order valence-corrected chi connectivity index (χ3v) is 3.49. The summed E-state index contributed by atoms with van der Waals surface area (Å²) in [4.78, 5) is 34.8. The Hall–Kier alpha value is -2.73. The molecule has 0 saturated heterocycles. The van der Waals surface area contributed by atoms with Crippen molar-refractivity contribution in [3.8, 4) is 0 Å². The summed E-state index contributed by atoms with van der Waals surface area (Å²) in [6.07, 6.45) is 2.02. The number of amides is 1. The van der Waals surface area contributed by atoms with E-state index in [9.17, 15) is 9.59 Å². The van der Waals surface area contributed by atoms with Crippen LogP contribution in [0, 0.1) is 0 Å². The second-order valence-electron chi connectivity index (χ2n) is 4.95. The Balaban J connectivity index is 1.67. The Morgan fingerprint density at radius 1 is 1.22 bits per heavy atom. The summed E-state index contributed by atoms with van der Waals surface area (Å²) in [7, 11) is 0. The number of carbonyl (C=O) groups excluding carboxylic acids is 1. The molecule has 7 heteroatoms. The first-order valence-corrected chi connectivity index (χ1v) is 7.39. The van der Waals surface area contributed by atoms with Crippen molar-refractivity contribution in [1.82, 2.24) is 15.0 Å². The molecule has 0 aliphatic carbocycles. The summed E-state index contributed by atoms with van der Waals surface area (Å²) in [5.41, 5.74) is 0.987. The van der Waals surface area contributed by atoms with Gasteiger partial charge in [0.25, 0.3) is 5.56 Å². The summed E-state index contributed by atoms with van der Waals surface area (Å²) in [5, 5.41) is 3.61. The molecule has 1 aromatic carbocycles. The van der Waals surface area contributed by atoms with Gasteiger partial charge >= 0.3 is 0 Å². The lowest BCUT2D eigenvalue weighted by atomic mass is 10.2. The van der Waals surface area contributed by atoms with Crippen LogP contribution in [0.4, 0.5) is 5.69 Å². The minimum Gasteiger partial charge on any atom is -0.325 e. The minimum atomic E-state index is -0.201. The van der Waals surface area contributed by atoms with Crippen LogP contribution in [0.2, 0.25) is 5.15 Å². The highest BCUT2D eigenvalue weighted by atomic mass is 35.5. The molecule has 0 fully saturated rings. The maximum absolute atomic E-state index is 12.0. The van der Waals surface area contributed by atoms with Gasteiger partial charge in [-0.15, -0.1) is 0 Å². The lowest BCUT2D eigenvalue weighted by Crippen LogP contribution is -2.16. The van der Waals surface area contributed by atoms with Gasteiger partial charge in [0.1, 0.15) is 11.0 Å². The van der Waals surface area contributed by atoms with E-state index in [1.54, 1.807) is 30.3 Å².